The zero-order valence-electron chi connectivity index (χ0n) is 8.59. The van der Waals surface area contributed by atoms with E-state index in [1.165, 1.54) is 24.0 Å². The Morgan fingerprint density at radius 2 is 2.29 bits per heavy atom. The van der Waals surface area contributed by atoms with Crippen LogP contribution in [0.3, 0.4) is 0 Å². The Morgan fingerprint density at radius 3 is 2.93 bits per heavy atom. The van der Waals surface area contributed by atoms with Crippen LogP contribution in [-0.4, -0.2) is 11.9 Å². The SMILES string of the molecule is COc1ccc2c(c1)C(C(C)Br)CC2. The van der Waals surface area contributed by atoms with Crippen LogP contribution >= 0.6 is 15.9 Å². The summed E-state index contributed by atoms with van der Waals surface area (Å²) in [6.07, 6.45) is 2.47. The number of aryl methyl sites for hydroxylation is 1. The van der Waals surface area contributed by atoms with E-state index in [1.54, 1.807) is 7.11 Å². The number of halogens is 1. The predicted octanol–water partition coefficient (Wildman–Crippen LogP) is 3.51. The minimum atomic E-state index is 0.552. The van der Waals surface area contributed by atoms with Gasteiger partial charge in [-0.3, -0.25) is 0 Å². The van der Waals surface area contributed by atoms with Crippen LogP contribution < -0.4 is 4.74 Å². The Hall–Kier alpha value is -0.500. The van der Waals surface area contributed by atoms with E-state index >= 15 is 0 Å². The number of fused-ring (bicyclic) bond motifs is 1. The van der Waals surface area contributed by atoms with Gasteiger partial charge in [-0.15, -0.1) is 0 Å². The van der Waals surface area contributed by atoms with Crippen molar-refractivity contribution < 1.29 is 4.74 Å². The maximum atomic E-state index is 5.25. The maximum Gasteiger partial charge on any atom is 0.119 e. The zero-order valence-corrected chi connectivity index (χ0v) is 10.2. The third kappa shape index (κ3) is 1.68. The zero-order chi connectivity index (χ0) is 10.1. The van der Waals surface area contributed by atoms with Crippen molar-refractivity contribution in [2.24, 2.45) is 0 Å². The van der Waals surface area contributed by atoms with Crippen molar-refractivity contribution in [1.29, 1.82) is 0 Å². The molecule has 1 aliphatic carbocycles. The lowest BCUT2D eigenvalue weighted by atomic mass is 9.98. The van der Waals surface area contributed by atoms with E-state index in [0.29, 0.717) is 10.7 Å². The molecule has 76 valence electrons. The first-order chi connectivity index (χ1) is 6.72. The van der Waals surface area contributed by atoms with Gasteiger partial charge in [-0.1, -0.05) is 28.9 Å². The highest BCUT2D eigenvalue weighted by Crippen LogP contribution is 2.39. The molecule has 14 heavy (non-hydrogen) atoms. The van der Waals surface area contributed by atoms with E-state index in [1.807, 2.05) is 0 Å². The second-order valence-electron chi connectivity index (χ2n) is 3.89. The molecule has 0 heterocycles. The Balaban J connectivity index is 2.37. The molecule has 0 saturated carbocycles. The molecular weight excluding hydrogens is 240 g/mol. The molecule has 2 unspecified atom stereocenters. The molecular formula is C12H15BrO. The Kier molecular flexibility index (Phi) is 2.82. The lowest BCUT2D eigenvalue weighted by molar-refractivity contribution is 0.414. The van der Waals surface area contributed by atoms with Crippen LogP contribution in [-0.2, 0) is 6.42 Å². The molecule has 1 nitrogen and oxygen atoms in total. The predicted molar refractivity (Wildman–Crippen MR) is 62.4 cm³/mol. The van der Waals surface area contributed by atoms with Gasteiger partial charge >= 0.3 is 0 Å². The van der Waals surface area contributed by atoms with Gasteiger partial charge in [0, 0.05) is 4.83 Å². The van der Waals surface area contributed by atoms with Crippen molar-refractivity contribution in [2.45, 2.75) is 30.5 Å². The van der Waals surface area contributed by atoms with E-state index in [0.717, 1.165) is 5.75 Å². The van der Waals surface area contributed by atoms with E-state index in [9.17, 15) is 0 Å². The summed E-state index contributed by atoms with van der Waals surface area (Å²) in [6, 6.07) is 6.44. The highest BCUT2D eigenvalue weighted by atomic mass is 79.9. The number of hydrogen-bond acceptors (Lipinski definition) is 1. The van der Waals surface area contributed by atoms with Crippen LogP contribution in [0.25, 0.3) is 0 Å². The van der Waals surface area contributed by atoms with Crippen molar-refractivity contribution in [3.8, 4) is 5.75 Å². The fourth-order valence-electron chi connectivity index (χ4n) is 2.22. The molecule has 0 spiro atoms. The minimum Gasteiger partial charge on any atom is -0.497 e. The van der Waals surface area contributed by atoms with Gasteiger partial charge < -0.3 is 4.74 Å². The third-order valence-electron chi connectivity index (χ3n) is 3.03. The molecule has 2 atom stereocenters. The Bertz CT molecular complexity index is 333. The van der Waals surface area contributed by atoms with E-state index < -0.39 is 0 Å². The Morgan fingerprint density at radius 1 is 1.50 bits per heavy atom. The topological polar surface area (TPSA) is 9.23 Å². The first kappa shape index (κ1) is 10.0. The van der Waals surface area contributed by atoms with Crippen molar-refractivity contribution in [3.05, 3.63) is 29.3 Å². The summed E-state index contributed by atoms with van der Waals surface area (Å²) in [6.45, 7) is 2.22. The molecule has 0 N–H and O–H groups in total. The molecule has 2 heteroatoms. The van der Waals surface area contributed by atoms with Crippen LogP contribution in [0.2, 0.25) is 0 Å². The summed E-state index contributed by atoms with van der Waals surface area (Å²) in [5, 5.41) is 0. The summed E-state index contributed by atoms with van der Waals surface area (Å²) < 4.78 is 5.25. The van der Waals surface area contributed by atoms with Crippen LogP contribution in [0.1, 0.15) is 30.4 Å². The van der Waals surface area contributed by atoms with Crippen molar-refractivity contribution >= 4 is 15.9 Å². The number of methoxy groups -OCH3 is 1. The molecule has 0 radical (unpaired) electrons. The molecule has 1 aliphatic rings. The van der Waals surface area contributed by atoms with Crippen molar-refractivity contribution in [2.75, 3.05) is 7.11 Å². The summed E-state index contributed by atoms with van der Waals surface area (Å²) in [7, 11) is 1.73. The first-order valence-corrected chi connectivity index (χ1v) is 5.95. The van der Waals surface area contributed by atoms with Gasteiger partial charge in [0.15, 0.2) is 0 Å². The summed E-state index contributed by atoms with van der Waals surface area (Å²) >= 11 is 3.68. The molecule has 1 aromatic carbocycles. The van der Waals surface area contributed by atoms with Gasteiger partial charge in [0.1, 0.15) is 5.75 Å². The average Bonchev–Trinajstić information content (AvgIpc) is 2.59. The highest BCUT2D eigenvalue weighted by Gasteiger charge is 2.26. The summed E-state index contributed by atoms with van der Waals surface area (Å²) in [5.41, 5.74) is 2.95. The summed E-state index contributed by atoms with van der Waals surface area (Å²) in [5.74, 6) is 1.63. The van der Waals surface area contributed by atoms with Gasteiger partial charge in [0.05, 0.1) is 7.11 Å². The van der Waals surface area contributed by atoms with E-state index in [-0.39, 0.29) is 0 Å². The van der Waals surface area contributed by atoms with E-state index in [4.69, 9.17) is 4.74 Å². The molecule has 1 aromatic rings. The van der Waals surface area contributed by atoms with Crippen LogP contribution in [0.4, 0.5) is 0 Å². The molecule has 0 aliphatic heterocycles. The smallest absolute Gasteiger partial charge is 0.119 e. The number of benzene rings is 1. The lowest BCUT2D eigenvalue weighted by Gasteiger charge is -2.14. The number of ether oxygens (including phenoxy) is 1. The van der Waals surface area contributed by atoms with Crippen LogP contribution in [0.5, 0.6) is 5.75 Å². The molecule has 0 bridgehead atoms. The van der Waals surface area contributed by atoms with Gasteiger partial charge in [0.2, 0.25) is 0 Å². The number of hydrogen-bond donors (Lipinski definition) is 0. The first-order valence-electron chi connectivity index (χ1n) is 5.03. The summed E-state index contributed by atoms with van der Waals surface area (Å²) in [4.78, 5) is 0.552. The highest BCUT2D eigenvalue weighted by molar-refractivity contribution is 9.09. The molecule has 0 amide bonds. The monoisotopic (exact) mass is 254 g/mol. The second kappa shape index (κ2) is 3.93. The molecule has 0 saturated heterocycles. The number of rotatable bonds is 2. The van der Waals surface area contributed by atoms with E-state index in [2.05, 4.69) is 41.1 Å². The van der Waals surface area contributed by atoms with Crippen LogP contribution in [0.15, 0.2) is 18.2 Å². The largest absolute Gasteiger partial charge is 0.497 e. The normalized spacial score (nSPS) is 21.8. The maximum absolute atomic E-state index is 5.25. The number of alkyl halides is 1. The average molecular weight is 255 g/mol. The van der Waals surface area contributed by atoms with Crippen molar-refractivity contribution in [1.82, 2.24) is 0 Å². The van der Waals surface area contributed by atoms with Gasteiger partial charge in [0.25, 0.3) is 0 Å². The molecule has 0 aromatic heterocycles. The fourth-order valence-corrected chi connectivity index (χ4v) is 2.77. The van der Waals surface area contributed by atoms with Crippen LogP contribution in [0, 0.1) is 0 Å². The quantitative estimate of drug-likeness (QED) is 0.735. The molecule has 2 rings (SSSR count). The Labute approximate surface area is 93.6 Å². The fraction of sp³-hybridized carbons (Fsp3) is 0.500. The second-order valence-corrected chi connectivity index (χ2v) is 5.33. The minimum absolute atomic E-state index is 0.552. The standard InChI is InChI=1S/C12H15BrO/c1-8(13)11-6-4-9-3-5-10(14-2)7-12(9)11/h3,5,7-8,11H,4,6H2,1-2H3. The lowest BCUT2D eigenvalue weighted by Crippen LogP contribution is -2.04. The van der Waals surface area contributed by atoms with Gasteiger partial charge in [-0.05, 0) is 42.0 Å². The van der Waals surface area contributed by atoms with Crippen molar-refractivity contribution in [3.63, 3.8) is 0 Å². The van der Waals surface area contributed by atoms with Gasteiger partial charge in [-0.2, -0.15) is 0 Å². The van der Waals surface area contributed by atoms with Gasteiger partial charge in [-0.25, -0.2) is 0 Å². The third-order valence-corrected chi connectivity index (χ3v) is 3.67. The molecule has 0 fully saturated rings.